The smallest absolute Gasteiger partial charge is 0.277 e. The number of carbonyl (C=O) groups is 1. The quantitative estimate of drug-likeness (QED) is 0.224. The van der Waals surface area contributed by atoms with E-state index in [2.05, 4.69) is 44.7 Å². The molecule has 1 N–H and O–H groups in total. The zero-order valence-corrected chi connectivity index (χ0v) is 17.6. The molecule has 144 valence electrons. The zero-order chi connectivity index (χ0) is 20.2. The van der Waals surface area contributed by atoms with Gasteiger partial charge in [0.25, 0.3) is 5.91 Å². The number of hydrazone groups is 1. The van der Waals surface area contributed by atoms with Crippen molar-refractivity contribution in [3.05, 3.63) is 87.9 Å². The van der Waals surface area contributed by atoms with Crippen LogP contribution in [0.1, 0.15) is 5.56 Å². The van der Waals surface area contributed by atoms with E-state index in [9.17, 15) is 4.79 Å². The number of fused-ring (bicyclic) bond motifs is 2. The van der Waals surface area contributed by atoms with Crippen molar-refractivity contribution in [2.45, 2.75) is 0 Å². The molecular weight excluding hydrogens is 452 g/mol. The van der Waals surface area contributed by atoms with Crippen LogP contribution in [0.3, 0.4) is 0 Å². The predicted octanol–water partition coefficient (Wildman–Crippen LogP) is 5.94. The highest BCUT2D eigenvalue weighted by Gasteiger charge is 2.07. The Morgan fingerprint density at radius 2 is 1.66 bits per heavy atom. The molecule has 4 aromatic carbocycles. The lowest BCUT2D eigenvalue weighted by molar-refractivity contribution is -0.123. The summed E-state index contributed by atoms with van der Waals surface area (Å²) in [6.07, 6.45) is 1.68. The Morgan fingerprint density at radius 3 is 2.31 bits per heavy atom. The summed E-state index contributed by atoms with van der Waals surface area (Å²) in [6.45, 7) is -0.186. The number of hydrogen-bond acceptors (Lipinski definition) is 3. The van der Waals surface area contributed by atoms with Gasteiger partial charge in [-0.05, 0) is 45.8 Å². The Hall–Kier alpha value is -2.89. The second-order valence-electron chi connectivity index (χ2n) is 6.39. The monoisotopic (exact) mass is 466 g/mol. The molecule has 4 nitrogen and oxygen atoms in total. The normalized spacial score (nSPS) is 11.2. The third-order valence-corrected chi connectivity index (χ3v) is 5.24. The molecular formula is C23H16BrClN2O2. The second kappa shape index (κ2) is 8.64. The van der Waals surface area contributed by atoms with E-state index in [1.54, 1.807) is 24.4 Å². The van der Waals surface area contributed by atoms with Crippen molar-refractivity contribution in [2.24, 2.45) is 5.10 Å². The number of ether oxygens (including phenoxy) is 1. The van der Waals surface area contributed by atoms with Crippen LogP contribution in [0.4, 0.5) is 0 Å². The van der Waals surface area contributed by atoms with Gasteiger partial charge in [-0.25, -0.2) is 5.43 Å². The number of benzene rings is 4. The number of rotatable bonds is 5. The molecule has 1 amide bonds. The summed E-state index contributed by atoms with van der Waals surface area (Å²) in [4.78, 5) is 12.1. The number of nitrogens with one attached hydrogen (secondary N) is 1. The summed E-state index contributed by atoms with van der Waals surface area (Å²) in [6, 6.07) is 23.6. The lowest BCUT2D eigenvalue weighted by atomic mass is 9.97. The highest BCUT2D eigenvalue weighted by atomic mass is 79.9. The average Bonchev–Trinajstić information content (AvgIpc) is 2.72. The van der Waals surface area contributed by atoms with E-state index < -0.39 is 0 Å². The third kappa shape index (κ3) is 4.42. The van der Waals surface area contributed by atoms with Crippen LogP contribution in [-0.4, -0.2) is 18.7 Å². The summed E-state index contributed by atoms with van der Waals surface area (Å²) in [5.41, 5.74) is 3.47. The van der Waals surface area contributed by atoms with Crippen LogP contribution in [0.2, 0.25) is 5.02 Å². The largest absolute Gasteiger partial charge is 0.482 e. The van der Waals surface area contributed by atoms with E-state index in [1.165, 1.54) is 0 Å². The van der Waals surface area contributed by atoms with Gasteiger partial charge in [-0.1, -0.05) is 76.1 Å². The summed E-state index contributed by atoms with van der Waals surface area (Å²) >= 11 is 9.42. The Morgan fingerprint density at radius 1 is 1.00 bits per heavy atom. The molecule has 0 saturated heterocycles. The summed E-state index contributed by atoms with van der Waals surface area (Å²) in [7, 11) is 0. The van der Waals surface area contributed by atoms with E-state index in [1.807, 2.05) is 36.4 Å². The van der Waals surface area contributed by atoms with Crippen LogP contribution in [-0.2, 0) is 4.79 Å². The standard InChI is InChI=1S/C23H16BrClN2O2/c24-17-9-10-22(21(25)12-17)29-14-23(28)27-26-13-20-18-7-3-1-5-15(18)11-16-6-2-4-8-19(16)20/h1-13H,14H2,(H,27,28)/b26-13+. The molecule has 0 atom stereocenters. The average molecular weight is 468 g/mol. The van der Waals surface area contributed by atoms with Crippen molar-refractivity contribution in [3.63, 3.8) is 0 Å². The molecule has 0 aliphatic heterocycles. The first-order valence-electron chi connectivity index (χ1n) is 8.92. The van der Waals surface area contributed by atoms with Crippen molar-refractivity contribution in [3.8, 4) is 5.75 Å². The molecule has 0 aromatic heterocycles. The van der Waals surface area contributed by atoms with E-state index in [-0.39, 0.29) is 12.5 Å². The van der Waals surface area contributed by atoms with Gasteiger partial charge in [-0.2, -0.15) is 5.10 Å². The summed E-state index contributed by atoms with van der Waals surface area (Å²) in [5.74, 6) is 0.0684. The van der Waals surface area contributed by atoms with Crippen LogP contribution in [0, 0.1) is 0 Å². The first kappa shape index (κ1) is 19.4. The van der Waals surface area contributed by atoms with Crippen molar-refractivity contribution in [1.82, 2.24) is 5.43 Å². The Labute approximate surface area is 181 Å². The minimum atomic E-state index is -0.371. The first-order chi connectivity index (χ1) is 14.1. The number of nitrogens with zero attached hydrogens (tertiary/aromatic N) is 1. The lowest BCUT2D eigenvalue weighted by Crippen LogP contribution is -2.24. The summed E-state index contributed by atoms with van der Waals surface area (Å²) in [5, 5.41) is 8.95. The SMILES string of the molecule is O=C(COc1ccc(Br)cc1Cl)N/N=C/c1c2ccccc2cc2ccccc12. The molecule has 0 aliphatic rings. The maximum Gasteiger partial charge on any atom is 0.277 e. The fourth-order valence-electron chi connectivity index (χ4n) is 3.12. The van der Waals surface area contributed by atoms with Crippen molar-refractivity contribution < 1.29 is 9.53 Å². The molecule has 4 rings (SSSR count). The highest BCUT2D eigenvalue weighted by molar-refractivity contribution is 9.10. The Bertz CT molecular complexity index is 1190. The third-order valence-electron chi connectivity index (χ3n) is 4.45. The van der Waals surface area contributed by atoms with Gasteiger partial charge in [0.2, 0.25) is 0 Å². The molecule has 6 heteroatoms. The van der Waals surface area contributed by atoms with Crippen molar-refractivity contribution in [2.75, 3.05) is 6.61 Å². The fraction of sp³-hybridized carbons (Fsp3) is 0.0435. The van der Waals surface area contributed by atoms with Gasteiger partial charge in [0.1, 0.15) is 5.75 Å². The van der Waals surface area contributed by atoms with Crippen LogP contribution in [0.15, 0.2) is 82.4 Å². The molecule has 0 unspecified atom stereocenters. The van der Waals surface area contributed by atoms with Crippen LogP contribution >= 0.6 is 27.5 Å². The number of carbonyl (C=O) groups excluding carboxylic acids is 1. The van der Waals surface area contributed by atoms with Gasteiger partial charge in [-0.3, -0.25) is 4.79 Å². The van der Waals surface area contributed by atoms with E-state index in [4.69, 9.17) is 16.3 Å². The molecule has 0 bridgehead atoms. The fourth-order valence-corrected chi connectivity index (χ4v) is 3.85. The molecule has 0 radical (unpaired) electrons. The maximum absolute atomic E-state index is 12.1. The molecule has 0 aliphatic carbocycles. The molecule has 4 aromatic rings. The lowest BCUT2D eigenvalue weighted by Gasteiger charge is -2.08. The molecule has 0 fully saturated rings. The van der Waals surface area contributed by atoms with E-state index >= 15 is 0 Å². The molecule has 0 spiro atoms. The van der Waals surface area contributed by atoms with Gasteiger partial charge in [-0.15, -0.1) is 0 Å². The molecule has 0 saturated carbocycles. The maximum atomic E-state index is 12.1. The Balaban J connectivity index is 1.51. The number of halogens is 2. The van der Waals surface area contributed by atoms with Gasteiger partial charge in [0.15, 0.2) is 6.61 Å². The summed E-state index contributed by atoms with van der Waals surface area (Å²) < 4.78 is 6.30. The van der Waals surface area contributed by atoms with Crippen LogP contribution in [0.5, 0.6) is 5.75 Å². The minimum absolute atomic E-state index is 0.186. The second-order valence-corrected chi connectivity index (χ2v) is 7.71. The number of hydrogen-bond donors (Lipinski definition) is 1. The predicted molar refractivity (Wildman–Crippen MR) is 122 cm³/mol. The van der Waals surface area contributed by atoms with Crippen molar-refractivity contribution in [1.29, 1.82) is 0 Å². The van der Waals surface area contributed by atoms with Gasteiger partial charge < -0.3 is 4.74 Å². The van der Waals surface area contributed by atoms with Gasteiger partial charge in [0.05, 0.1) is 11.2 Å². The highest BCUT2D eigenvalue weighted by Crippen LogP contribution is 2.28. The number of amides is 1. The van der Waals surface area contributed by atoms with Gasteiger partial charge in [0, 0.05) is 10.0 Å². The Kier molecular flexibility index (Phi) is 5.79. The zero-order valence-electron chi connectivity index (χ0n) is 15.2. The van der Waals surface area contributed by atoms with Crippen LogP contribution in [0.25, 0.3) is 21.5 Å². The van der Waals surface area contributed by atoms with Gasteiger partial charge >= 0.3 is 0 Å². The molecule has 0 heterocycles. The van der Waals surface area contributed by atoms with E-state index in [0.717, 1.165) is 31.6 Å². The first-order valence-corrected chi connectivity index (χ1v) is 10.1. The van der Waals surface area contributed by atoms with E-state index in [0.29, 0.717) is 10.8 Å². The molecule has 29 heavy (non-hydrogen) atoms. The van der Waals surface area contributed by atoms with Crippen molar-refractivity contribution >= 4 is 61.2 Å². The topological polar surface area (TPSA) is 50.7 Å². The minimum Gasteiger partial charge on any atom is -0.482 e. The van der Waals surface area contributed by atoms with Crippen LogP contribution < -0.4 is 10.2 Å².